The predicted molar refractivity (Wildman–Crippen MR) is 65.5 cm³/mol. The van der Waals surface area contributed by atoms with Gasteiger partial charge >= 0.3 is 0 Å². The molecular formula is C14H12F4N2O. The van der Waals surface area contributed by atoms with Crippen LogP contribution < -0.4 is 0 Å². The third-order valence-corrected chi connectivity index (χ3v) is 3.46. The molecule has 1 heterocycles. The molecule has 0 bridgehead atoms. The average Bonchev–Trinajstić information content (AvgIpc) is 2.71. The Morgan fingerprint density at radius 2 is 1.95 bits per heavy atom. The highest BCUT2D eigenvalue weighted by atomic mass is 19.3. The third kappa shape index (κ3) is 3.15. The first-order valence-electron chi connectivity index (χ1n) is 6.27. The summed E-state index contributed by atoms with van der Waals surface area (Å²) in [6, 6.07) is 3.03. The van der Waals surface area contributed by atoms with Gasteiger partial charge in [0.2, 0.25) is 5.91 Å². The van der Waals surface area contributed by atoms with Crippen molar-refractivity contribution >= 4 is 5.91 Å². The quantitative estimate of drug-likeness (QED) is 0.788. The molecule has 2 atom stereocenters. The van der Waals surface area contributed by atoms with Gasteiger partial charge in [0.05, 0.1) is 18.5 Å². The third-order valence-electron chi connectivity index (χ3n) is 3.46. The molecule has 1 saturated heterocycles. The number of benzene rings is 1. The number of amides is 1. The van der Waals surface area contributed by atoms with Crippen molar-refractivity contribution in [2.45, 2.75) is 31.2 Å². The highest BCUT2D eigenvalue weighted by Gasteiger charge is 2.48. The van der Waals surface area contributed by atoms with Crippen LogP contribution in [0.3, 0.4) is 0 Å². The zero-order valence-corrected chi connectivity index (χ0v) is 11.1. The monoisotopic (exact) mass is 300 g/mol. The van der Waals surface area contributed by atoms with Crippen LogP contribution in [0, 0.1) is 23.0 Å². The molecule has 1 amide bonds. The second kappa shape index (κ2) is 5.35. The van der Waals surface area contributed by atoms with E-state index in [0.29, 0.717) is 6.07 Å². The fraction of sp³-hybridized carbons (Fsp3) is 0.429. The number of nitriles is 1. The van der Waals surface area contributed by atoms with Crippen LogP contribution in [0.4, 0.5) is 17.6 Å². The lowest BCUT2D eigenvalue weighted by atomic mass is 9.99. The zero-order valence-electron chi connectivity index (χ0n) is 11.1. The Bertz CT molecular complexity index is 591. The SMILES string of the molecule is CC(C(=O)N1CC(F)(F)C[C@H]1C#N)c1cc(F)cc(F)c1. The van der Waals surface area contributed by atoms with E-state index in [1.165, 1.54) is 6.92 Å². The molecule has 1 aliphatic rings. The topological polar surface area (TPSA) is 44.1 Å². The molecule has 0 aromatic heterocycles. The van der Waals surface area contributed by atoms with E-state index in [9.17, 15) is 22.4 Å². The highest BCUT2D eigenvalue weighted by molar-refractivity contribution is 5.84. The molecule has 7 heteroatoms. The lowest BCUT2D eigenvalue weighted by Gasteiger charge is -2.23. The Hall–Kier alpha value is -2.10. The summed E-state index contributed by atoms with van der Waals surface area (Å²) in [5, 5.41) is 8.86. The molecule has 0 N–H and O–H groups in total. The van der Waals surface area contributed by atoms with Crippen molar-refractivity contribution in [3.05, 3.63) is 35.4 Å². The summed E-state index contributed by atoms with van der Waals surface area (Å²) < 4.78 is 53.0. The minimum absolute atomic E-state index is 0.0457. The second-order valence-corrected chi connectivity index (χ2v) is 5.10. The Morgan fingerprint density at radius 3 is 2.48 bits per heavy atom. The number of nitrogens with zero attached hydrogens (tertiary/aromatic N) is 2. The molecule has 1 aromatic carbocycles. The molecular weight excluding hydrogens is 288 g/mol. The van der Waals surface area contributed by atoms with Crippen molar-refractivity contribution in [2.75, 3.05) is 6.54 Å². The normalized spacial score (nSPS) is 21.9. The van der Waals surface area contributed by atoms with Crippen molar-refractivity contribution in [3.8, 4) is 6.07 Å². The summed E-state index contributed by atoms with van der Waals surface area (Å²) in [5.41, 5.74) is 0.0457. The maximum absolute atomic E-state index is 13.3. The van der Waals surface area contributed by atoms with Crippen molar-refractivity contribution in [1.82, 2.24) is 4.90 Å². The first-order chi connectivity index (χ1) is 9.73. The fourth-order valence-electron chi connectivity index (χ4n) is 2.38. The largest absolute Gasteiger partial charge is 0.320 e. The van der Waals surface area contributed by atoms with Crippen LogP contribution >= 0.6 is 0 Å². The summed E-state index contributed by atoms with van der Waals surface area (Å²) in [4.78, 5) is 13.0. The lowest BCUT2D eigenvalue weighted by molar-refractivity contribution is -0.133. The average molecular weight is 300 g/mol. The molecule has 0 aliphatic carbocycles. The van der Waals surface area contributed by atoms with Crippen LogP contribution in [0.25, 0.3) is 0 Å². The van der Waals surface area contributed by atoms with E-state index in [4.69, 9.17) is 5.26 Å². The Morgan fingerprint density at radius 1 is 1.38 bits per heavy atom. The van der Waals surface area contributed by atoms with Gasteiger partial charge in [0.25, 0.3) is 5.92 Å². The highest BCUT2D eigenvalue weighted by Crippen LogP contribution is 2.34. The maximum Gasteiger partial charge on any atom is 0.268 e. The number of carbonyl (C=O) groups is 1. The van der Waals surface area contributed by atoms with Gasteiger partial charge < -0.3 is 4.90 Å². The minimum atomic E-state index is -3.12. The van der Waals surface area contributed by atoms with Crippen molar-refractivity contribution < 1.29 is 22.4 Å². The number of likely N-dealkylation sites (tertiary alicyclic amines) is 1. The molecule has 0 radical (unpaired) electrons. The maximum atomic E-state index is 13.3. The minimum Gasteiger partial charge on any atom is -0.320 e. The molecule has 21 heavy (non-hydrogen) atoms. The van der Waals surface area contributed by atoms with E-state index in [0.717, 1.165) is 17.0 Å². The summed E-state index contributed by atoms with van der Waals surface area (Å²) in [7, 11) is 0. The van der Waals surface area contributed by atoms with Crippen LogP contribution in [0.15, 0.2) is 18.2 Å². The van der Waals surface area contributed by atoms with E-state index < -0.39 is 48.4 Å². The molecule has 1 fully saturated rings. The van der Waals surface area contributed by atoms with Crippen LogP contribution in [0.1, 0.15) is 24.8 Å². The molecule has 2 rings (SSSR count). The van der Waals surface area contributed by atoms with Crippen molar-refractivity contribution in [2.24, 2.45) is 0 Å². The number of carbonyl (C=O) groups excluding carboxylic acids is 1. The van der Waals surface area contributed by atoms with Crippen LogP contribution in [-0.2, 0) is 4.79 Å². The van der Waals surface area contributed by atoms with Crippen LogP contribution in [0.5, 0.6) is 0 Å². The van der Waals surface area contributed by atoms with Gasteiger partial charge in [-0.2, -0.15) is 5.26 Å². The van der Waals surface area contributed by atoms with E-state index in [2.05, 4.69) is 0 Å². The number of hydrogen-bond donors (Lipinski definition) is 0. The Balaban J connectivity index is 2.25. The molecule has 0 saturated carbocycles. The first kappa shape index (κ1) is 15.3. The number of hydrogen-bond acceptors (Lipinski definition) is 2. The smallest absolute Gasteiger partial charge is 0.268 e. The van der Waals surface area contributed by atoms with Crippen molar-refractivity contribution in [1.29, 1.82) is 5.26 Å². The summed E-state index contributed by atoms with van der Waals surface area (Å²) in [6.45, 7) is 0.508. The van der Waals surface area contributed by atoms with E-state index in [-0.39, 0.29) is 5.56 Å². The summed E-state index contributed by atoms with van der Waals surface area (Å²) in [5.74, 6) is -6.59. The molecule has 1 unspecified atom stereocenters. The van der Waals surface area contributed by atoms with Gasteiger partial charge in [-0.1, -0.05) is 0 Å². The van der Waals surface area contributed by atoms with Crippen LogP contribution in [0.2, 0.25) is 0 Å². The number of alkyl halides is 2. The molecule has 3 nitrogen and oxygen atoms in total. The summed E-state index contributed by atoms with van der Waals surface area (Å²) in [6.07, 6.45) is -0.723. The van der Waals surface area contributed by atoms with Crippen molar-refractivity contribution in [3.63, 3.8) is 0 Å². The van der Waals surface area contributed by atoms with Gasteiger partial charge in [-0.05, 0) is 24.6 Å². The van der Waals surface area contributed by atoms with Gasteiger partial charge in [-0.3, -0.25) is 4.79 Å². The number of halogens is 4. The van der Waals surface area contributed by atoms with Gasteiger partial charge in [-0.15, -0.1) is 0 Å². The fourth-order valence-corrected chi connectivity index (χ4v) is 2.38. The van der Waals surface area contributed by atoms with Gasteiger partial charge in [-0.25, -0.2) is 17.6 Å². The van der Waals surface area contributed by atoms with E-state index in [1.54, 1.807) is 6.07 Å². The molecule has 112 valence electrons. The number of rotatable bonds is 2. The summed E-state index contributed by atoms with van der Waals surface area (Å²) >= 11 is 0. The first-order valence-corrected chi connectivity index (χ1v) is 6.27. The Labute approximate surface area is 118 Å². The van der Waals surface area contributed by atoms with Gasteiger partial charge in [0.1, 0.15) is 17.7 Å². The lowest BCUT2D eigenvalue weighted by Crippen LogP contribution is -2.38. The molecule has 1 aliphatic heterocycles. The standard InChI is InChI=1S/C14H12F4N2O/c1-8(9-2-10(15)4-11(16)3-9)13(21)20-7-14(17,18)5-12(20)6-19/h2-4,8,12H,5,7H2,1H3/t8?,12-/m0/s1. The van der Waals surface area contributed by atoms with Gasteiger partial charge in [0.15, 0.2) is 0 Å². The molecule has 0 spiro atoms. The van der Waals surface area contributed by atoms with E-state index in [1.807, 2.05) is 0 Å². The second-order valence-electron chi connectivity index (χ2n) is 5.10. The zero-order chi connectivity index (χ0) is 15.8. The van der Waals surface area contributed by atoms with E-state index >= 15 is 0 Å². The Kier molecular flexibility index (Phi) is 3.90. The van der Waals surface area contributed by atoms with Gasteiger partial charge in [0, 0.05) is 12.5 Å². The molecule has 1 aromatic rings. The van der Waals surface area contributed by atoms with Crippen LogP contribution in [-0.4, -0.2) is 29.3 Å². The predicted octanol–water partition coefficient (Wildman–Crippen LogP) is 2.83.